The number of carbonyl (C=O) groups excluding carboxylic acids is 1. The average molecular weight is 328 g/mol. The maximum absolute atomic E-state index is 12.3. The number of halogens is 1. The first-order valence-corrected chi connectivity index (χ1v) is 7.32. The van der Waals surface area contributed by atoms with E-state index >= 15 is 0 Å². The highest BCUT2D eigenvalue weighted by Gasteiger charge is 2.31. The zero-order chi connectivity index (χ0) is 16.3. The number of nitrogens with zero attached hydrogens (tertiary/aromatic N) is 1. The molecule has 0 aliphatic carbocycles. The summed E-state index contributed by atoms with van der Waals surface area (Å²) in [6.07, 6.45) is -1.70. The Kier molecular flexibility index (Phi) is 5.26. The molecule has 0 spiro atoms. The number of hydrogen-bond donors (Lipinski definition) is 1. The highest BCUT2D eigenvalue weighted by atomic mass is 35.5. The van der Waals surface area contributed by atoms with Gasteiger partial charge in [-0.3, -0.25) is 4.79 Å². The zero-order valence-electron chi connectivity index (χ0n) is 12.4. The molecule has 1 aliphatic heterocycles. The number of rotatable bonds is 4. The van der Waals surface area contributed by atoms with Crippen LogP contribution in [0, 0.1) is 6.92 Å². The van der Waals surface area contributed by atoms with Gasteiger partial charge in [-0.25, -0.2) is 4.79 Å². The summed E-state index contributed by atoms with van der Waals surface area (Å²) < 4.78 is 10.7. The van der Waals surface area contributed by atoms with Crippen molar-refractivity contribution in [2.45, 2.75) is 26.1 Å². The molecule has 2 unspecified atom stereocenters. The quantitative estimate of drug-likeness (QED) is 0.911. The van der Waals surface area contributed by atoms with Gasteiger partial charge in [0, 0.05) is 11.6 Å². The Morgan fingerprint density at radius 2 is 2.23 bits per heavy atom. The van der Waals surface area contributed by atoms with E-state index in [1.807, 2.05) is 6.92 Å². The van der Waals surface area contributed by atoms with Crippen LogP contribution in [-0.2, 0) is 14.3 Å². The summed E-state index contributed by atoms with van der Waals surface area (Å²) in [5.74, 6) is -0.785. The van der Waals surface area contributed by atoms with Gasteiger partial charge in [0.15, 0.2) is 12.2 Å². The summed E-state index contributed by atoms with van der Waals surface area (Å²) in [6.45, 7) is 4.07. The number of ether oxygens (including phenoxy) is 2. The monoisotopic (exact) mass is 327 g/mol. The third kappa shape index (κ3) is 3.90. The van der Waals surface area contributed by atoms with Gasteiger partial charge < -0.3 is 19.5 Å². The van der Waals surface area contributed by atoms with Gasteiger partial charge in [0.1, 0.15) is 5.75 Å². The van der Waals surface area contributed by atoms with Crippen molar-refractivity contribution in [1.29, 1.82) is 0 Å². The lowest BCUT2D eigenvalue weighted by molar-refractivity contribution is -0.161. The lowest BCUT2D eigenvalue weighted by atomic mass is 10.2. The predicted octanol–water partition coefficient (Wildman–Crippen LogP) is 1.73. The Morgan fingerprint density at radius 3 is 2.86 bits per heavy atom. The van der Waals surface area contributed by atoms with E-state index in [9.17, 15) is 9.59 Å². The molecule has 1 aliphatic rings. The van der Waals surface area contributed by atoms with Crippen molar-refractivity contribution in [2.75, 3.05) is 19.7 Å². The van der Waals surface area contributed by atoms with Crippen LogP contribution in [0.15, 0.2) is 18.2 Å². The molecule has 1 amide bonds. The first kappa shape index (κ1) is 16.6. The van der Waals surface area contributed by atoms with Crippen molar-refractivity contribution in [1.82, 2.24) is 4.90 Å². The number of carboxylic acids is 1. The fraction of sp³-hybridized carbons (Fsp3) is 0.467. The van der Waals surface area contributed by atoms with Crippen molar-refractivity contribution in [2.24, 2.45) is 0 Å². The molecule has 1 aromatic rings. The predicted molar refractivity (Wildman–Crippen MR) is 80.2 cm³/mol. The molecule has 1 fully saturated rings. The molecule has 120 valence electrons. The minimum absolute atomic E-state index is 0.0293. The second-order valence-electron chi connectivity index (χ2n) is 5.15. The van der Waals surface area contributed by atoms with Gasteiger partial charge in [-0.1, -0.05) is 11.6 Å². The lowest BCUT2D eigenvalue weighted by Crippen LogP contribution is -2.51. The van der Waals surface area contributed by atoms with Crippen LogP contribution in [0.5, 0.6) is 5.75 Å². The topological polar surface area (TPSA) is 76.1 Å². The van der Waals surface area contributed by atoms with Crippen LogP contribution in [0.2, 0.25) is 5.02 Å². The molecule has 0 saturated carbocycles. The molecular formula is C15H18ClNO5. The van der Waals surface area contributed by atoms with Gasteiger partial charge >= 0.3 is 5.97 Å². The van der Waals surface area contributed by atoms with Crippen LogP contribution in [-0.4, -0.2) is 53.8 Å². The number of morpholine rings is 1. The van der Waals surface area contributed by atoms with E-state index < -0.39 is 18.2 Å². The molecule has 22 heavy (non-hydrogen) atoms. The Labute approximate surface area is 133 Å². The van der Waals surface area contributed by atoms with Crippen molar-refractivity contribution < 1.29 is 24.2 Å². The van der Waals surface area contributed by atoms with Crippen molar-refractivity contribution in [3.63, 3.8) is 0 Å². The molecule has 1 saturated heterocycles. The van der Waals surface area contributed by atoms with Crippen LogP contribution < -0.4 is 4.74 Å². The van der Waals surface area contributed by atoms with Gasteiger partial charge in [0.2, 0.25) is 0 Å². The number of carbonyl (C=O) groups is 2. The fourth-order valence-corrected chi connectivity index (χ4v) is 2.32. The maximum Gasteiger partial charge on any atom is 0.334 e. The molecular weight excluding hydrogens is 310 g/mol. The highest BCUT2D eigenvalue weighted by Crippen LogP contribution is 2.22. The first-order chi connectivity index (χ1) is 10.4. The summed E-state index contributed by atoms with van der Waals surface area (Å²) in [5, 5.41) is 9.59. The summed E-state index contributed by atoms with van der Waals surface area (Å²) >= 11 is 5.95. The molecule has 7 heteroatoms. The minimum atomic E-state index is -1.07. The lowest BCUT2D eigenvalue weighted by Gasteiger charge is -2.32. The second-order valence-corrected chi connectivity index (χ2v) is 5.56. The van der Waals surface area contributed by atoms with Crippen LogP contribution in [0.4, 0.5) is 0 Å². The maximum atomic E-state index is 12.3. The van der Waals surface area contributed by atoms with Gasteiger partial charge in [0.05, 0.1) is 13.2 Å². The normalized spacial score (nSPS) is 19.6. The smallest absolute Gasteiger partial charge is 0.334 e. The molecule has 2 atom stereocenters. The Balaban J connectivity index is 1.99. The molecule has 2 rings (SSSR count). The van der Waals surface area contributed by atoms with E-state index in [0.29, 0.717) is 17.3 Å². The molecule has 1 N–H and O–H groups in total. The Morgan fingerprint density at radius 1 is 1.50 bits per heavy atom. The Bertz CT molecular complexity index is 577. The Hall–Kier alpha value is -1.79. The van der Waals surface area contributed by atoms with E-state index in [1.54, 1.807) is 25.1 Å². The van der Waals surface area contributed by atoms with Crippen molar-refractivity contribution in [3.05, 3.63) is 28.8 Å². The van der Waals surface area contributed by atoms with Gasteiger partial charge in [-0.15, -0.1) is 0 Å². The van der Waals surface area contributed by atoms with Crippen LogP contribution in [0.1, 0.15) is 12.5 Å². The molecule has 0 bridgehead atoms. The standard InChI is InChI=1S/C15H18ClNO5/c1-9-7-11(3-4-12(9)16)22-10(2)14(18)17-5-6-21-13(8-17)15(19)20/h3-4,7,10,13H,5-6,8H2,1-2H3,(H,19,20). The largest absolute Gasteiger partial charge is 0.481 e. The van der Waals surface area contributed by atoms with Gasteiger partial charge in [0.25, 0.3) is 5.91 Å². The van der Waals surface area contributed by atoms with Crippen molar-refractivity contribution in [3.8, 4) is 5.75 Å². The van der Waals surface area contributed by atoms with E-state index in [-0.39, 0.29) is 19.1 Å². The van der Waals surface area contributed by atoms with E-state index in [2.05, 4.69) is 0 Å². The third-order valence-electron chi connectivity index (χ3n) is 3.44. The fourth-order valence-electron chi connectivity index (χ4n) is 2.20. The third-order valence-corrected chi connectivity index (χ3v) is 3.87. The SMILES string of the molecule is Cc1cc(OC(C)C(=O)N2CCOC(C(=O)O)C2)ccc1Cl. The number of aliphatic carboxylic acids is 1. The number of aryl methyl sites for hydroxylation is 1. The van der Waals surface area contributed by atoms with Crippen LogP contribution in [0.25, 0.3) is 0 Å². The molecule has 0 radical (unpaired) electrons. The molecule has 6 nitrogen and oxygen atoms in total. The molecule has 1 aromatic carbocycles. The number of amides is 1. The summed E-state index contributed by atoms with van der Waals surface area (Å²) in [6, 6.07) is 5.16. The van der Waals surface area contributed by atoms with E-state index in [0.717, 1.165) is 5.56 Å². The summed E-state index contributed by atoms with van der Waals surface area (Å²) in [5.41, 5.74) is 0.858. The molecule has 0 aromatic heterocycles. The molecule has 1 heterocycles. The summed E-state index contributed by atoms with van der Waals surface area (Å²) in [7, 11) is 0. The first-order valence-electron chi connectivity index (χ1n) is 6.94. The number of carboxylic acid groups (broad SMARTS) is 1. The number of benzene rings is 1. The van der Waals surface area contributed by atoms with E-state index in [1.165, 1.54) is 4.90 Å². The van der Waals surface area contributed by atoms with Gasteiger partial charge in [-0.05, 0) is 37.6 Å². The average Bonchev–Trinajstić information content (AvgIpc) is 2.50. The van der Waals surface area contributed by atoms with Crippen LogP contribution in [0.3, 0.4) is 0 Å². The van der Waals surface area contributed by atoms with Gasteiger partial charge in [-0.2, -0.15) is 0 Å². The van der Waals surface area contributed by atoms with Crippen LogP contribution >= 0.6 is 11.6 Å². The minimum Gasteiger partial charge on any atom is -0.481 e. The second kappa shape index (κ2) is 6.98. The zero-order valence-corrected chi connectivity index (χ0v) is 13.2. The number of hydrogen-bond acceptors (Lipinski definition) is 4. The van der Waals surface area contributed by atoms with Crippen molar-refractivity contribution >= 4 is 23.5 Å². The highest BCUT2D eigenvalue weighted by molar-refractivity contribution is 6.31. The van der Waals surface area contributed by atoms with E-state index in [4.69, 9.17) is 26.2 Å². The summed E-state index contributed by atoms with van der Waals surface area (Å²) in [4.78, 5) is 24.7.